The van der Waals surface area contributed by atoms with Crippen molar-refractivity contribution in [3.8, 4) is 0 Å². The van der Waals surface area contributed by atoms with Gasteiger partial charge in [0.05, 0.1) is 17.6 Å². The standard InChI is InChI=1S/C13H17N2O2S/c16-9-5-1-2-6-10-18(17)13-14-11-7-3-4-8-12(11)15-13/h3-4,7-8H,1-2,5-6,9-10H2,(H,14,15). The second-order valence-corrected chi connectivity index (χ2v) is 5.71. The van der Waals surface area contributed by atoms with Gasteiger partial charge in [-0.15, -0.1) is 0 Å². The zero-order valence-electron chi connectivity index (χ0n) is 10.2. The van der Waals surface area contributed by atoms with Gasteiger partial charge < -0.3 is 4.55 Å². The lowest BCUT2D eigenvalue weighted by Gasteiger charge is -2.06. The molecule has 0 bridgehead atoms. The van der Waals surface area contributed by atoms with Gasteiger partial charge in [0.2, 0.25) is 0 Å². The van der Waals surface area contributed by atoms with E-state index in [-0.39, 0.29) is 6.61 Å². The molecule has 1 aromatic heterocycles. The van der Waals surface area contributed by atoms with Crippen LogP contribution in [0.4, 0.5) is 0 Å². The van der Waals surface area contributed by atoms with Crippen LogP contribution in [0.15, 0.2) is 29.4 Å². The lowest BCUT2D eigenvalue weighted by Crippen LogP contribution is -2.08. The molecule has 0 saturated heterocycles. The summed E-state index contributed by atoms with van der Waals surface area (Å²) < 4.78 is 12.0. The second kappa shape index (κ2) is 6.78. The number of nitrogens with zero attached hydrogens (tertiary/aromatic N) is 1. The number of para-hydroxylation sites is 2. The van der Waals surface area contributed by atoms with Crippen molar-refractivity contribution in [1.29, 1.82) is 0 Å². The zero-order chi connectivity index (χ0) is 12.8. The SMILES string of the molecule is [O]CCCCCC[S+]([O-])c1nc2ccccc2[nH]1. The number of H-pyrrole nitrogens is 1. The maximum absolute atomic E-state index is 12.0. The van der Waals surface area contributed by atoms with Crippen molar-refractivity contribution in [3.63, 3.8) is 0 Å². The average molecular weight is 265 g/mol. The molecule has 2 rings (SSSR count). The zero-order valence-corrected chi connectivity index (χ0v) is 11.0. The molecular weight excluding hydrogens is 248 g/mol. The average Bonchev–Trinajstić information content (AvgIpc) is 2.82. The second-order valence-electron chi connectivity index (χ2n) is 4.23. The predicted octanol–water partition coefficient (Wildman–Crippen LogP) is 2.66. The minimum atomic E-state index is -1.07. The minimum Gasteiger partial charge on any atom is -0.609 e. The van der Waals surface area contributed by atoms with Crippen LogP contribution in [0.25, 0.3) is 11.0 Å². The van der Waals surface area contributed by atoms with E-state index in [4.69, 9.17) is 0 Å². The van der Waals surface area contributed by atoms with Crippen LogP contribution in [0, 0.1) is 0 Å². The number of hydrogen-bond acceptors (Lipinski definition) is 2. The Bertz CT molecular complexity index is 454. The summed E-state index contributed by atoms with van der Waals surface area (Å²) in [5.41, 5.74) is 1.78. The third kappa shape index (κ3) is 3.48. The summed E-state index contributed by atoms with van der Waals surface area (Å²) in [7, 11) is 0. The van der Waals surface area contributed by atoms with E-state index in [1.54, 1.807) is 0 Å². The lowest BCUT2D eigenvalue weighted by molar-refractivity contribution is 0.186. The molecule has 2 aromatic rings. The number of unbranched alkanes of at least 4 members (excludes halogenated alkanes) is 3. The van der Waals surface area contributed by atoms with Crippen molar-refractivity contribution in [2.45, 2.75) is 30.8 Å². The Kier molecular flexibility index (Phi) is 5.04. The summed E-state index contributed by atoms with van der Waals surface area (Å²) in [6.45, 7) is -0.00728. The van der Waals surface area contributed by atoms with E-state index in [0.717, 1.165) is 36.7 Å². The van der Waals surface area contributed by atoms with Crippen LogP contribution in [0.3, 0.4) is 0 Å². The number of nitrogens with one attached hydrogen (secondary N) is 1. The Balaban J connectivity index is 1.86. The van der Waals surface area contributed by atoms with Gasteiger partial charge in [-0.25, -0.2) is 5.11 Å². The first kappa shape index (κ1) is 13.4. The third-order valence-corrected chi connectivity index (χ3v) is 4.09. The molecule has 4 nitrogen and oxygen atoms in total. The molecule has 1 unspecified atom stereocenters. The molecule has 1 aromatic carbocycles. The highest BCUT2D eigenvalue weighted by Gasteiger charge is 2.15. The number of aromatic amines is 1. The number of imidazole rings is 1. The highest BCUT2D eigenvalue weighted by Crippen LogP contribution is 2.16. The number of aromatic nitrogens is 2. The number of hydrogen-bond donors (Lipinski definition) is 1. The molecule has 0 spiro atoms. The fourth-order valence-corrected chi connectivity index (χ4v) is 2.91. The van der Waals surface area contributed by atoms with Crippen LogP contribution >= 0.6 is 0 Å². The van der Waals surface area contributed by atoms with Crippen molar-refractivity contribution in [3.05, 3.63) is 24.3 Å². The van der Waals surface area contributed by atoms with E-state index in [1.807, 2.05) is 24.3 Å². The Morgan fingerprint density at radius 3 is 2.72 bits per heavy atom. The molecule has 1 N–H and O–H groups in total. The Morgan fingerprint density at radius 2 is 1.94 bits per heavy atom. The van der Waals surface area contributed by atoms with Gasteiger partial charge in [-0.05, 0) is 31.4 Å². The third-order valence-electron chi connectivity index (χ3n) is 2.81. The highest BCUT2D eigenvalue weighted by molar-refractivity contribution is 7.91. The summed E-state index contributed by atoms with van der Waals surface area (Å²) in [4.78, 5) is 7.41. The van der Waals surface area contributed by atoms with Crippen LogP contribution in [-0.4, -0.2) is 26.9 Å². The maximum Gasteiger partial charge on any atom is 0.321 e. The maximum atomic E-state index is 12.0. The van der Waals surface area contributed by atoms with Crippen LogP contribution in [0.5, 0.6) is 0 Å². The number of fused-ring (bicyclic) bond motifs is 1. The molecule has 97 valence electrons. The molecule has 0 aliphatic carbocycles. The molecule has 0 aliphatic rings. The number of rotatable bonds is 7. The summed E-state index contributed by atoms with van der Waals surface area (Å²) in [6, 6.07) is 7.67. The van der Waals surface area contributed by atoms with Crippen molar-refractivity contribution < 1.29 is 9.66 Å². The van der Waals surface area contributed by atoms with E-state index in [0.29, 0.717) is 10.9 Å². The molecule has 18 heavy (non-hydrogen) atoms. The van der Waals surface area contributed by atoms with Crippen molar-refractivity contribution in [1.82, 2.24) is 9.97 Å². The predicted molar refractivity (Wildman–Crippen MR) is 71.4 cm³/mol. The first-order valence-electron chi connectivity index (χ1n) is 6.22. The largest absolute Gasteiger partial charge is 0.609 e. The van der Waals surface area contributed by atoms with Crippen molar-refractivity contribution in [2.24, 2.45) is 0 Å². The van der Waals surface area contributed by atoms with Crippen LogP contribution < -0.4 is 0 Å². The minimum absolute atomic E-state index is 0.00728. The highest BCUT2D eigenvalue weighted by atomic mass is 32.2. The Hall–Kier alpha value is -1.04. The molecule has 0 amide bonds. The van der Waals surface area contributed by atoms with E-state index < -0.39 is 11.2 Å². The topological polar surface area (TPSA) is 71.6 Å². The lowest BCUT2D eigenvalue weighted by atomic mass is 10.2. The first-order valence-corrected chi connectivity index (χ1v) is 7.54. The van der Waals surface area contributed by atoms with Gasteiger partial charge in [0.15, 0.2) is 0 Å². The Morgan fingerprint density at radius 1 is 1.17 bits per heavy atom. The molecule has 5 heteroatoms. The quantitative estimate of drug-likeness (QED) is 0.617. The van der Waals surface area contributed by atoms with Crippen molar-refractivity contribution >= 4 is 22.2 Å². The van der Waals surface area contributed by atoms with E-state index in [1.165, 1.54) is 0 Å². The van der Waals surface area contributed by atoms with Gasteiger partial charge >= 0.3 is 5.16 Å². The molecule has 0 aliphatic heterocycles. The van der Waals surface area contributed by atoms with Gasteiger partial charge in [0.1, 0.15) is 5.75 Å². The van der Waals surface area contributed by atoms with Crippen LogP contribution in [0.2, 0.25) is 0 Å². The van der Waals surface area contributed by atoms with E-state index in [9.17, 15) is 9.66 Å². The molecule has 1 atom stereocenters. The summed E-state index contributed by atoms with van der Waals surface area (Å²) in [5, 5.41) is 10.8. The molecular formula is C13H17N2O2S. The smallest absolute Gasteiger partial charge is 0.321 e. The molecule has 0 fully saturated rings. The van der Waals surface area contributed by atoms with E-state index >= 15 is 0 Å². The summed E-state index contributed by atoms with van der Waals surface area (Å²) >= 11 is -1.07. The first-order chi connectivity index (χ1) is 8.81. The fourth-order valence-electron chi connectivity index (χ4n) is 1.82. The van der Waals surface area contributed by atoms with Gasteiger partial charge in [-0.1, -0.05) is 18.6 Å². The van der Waals surface area contributed by atoms with Crippen molar-refractivity contribution in [2.75, 3.05) is 12.4 Å². The van der Waals surface area contributed by atoms with Gasteiger partial charge in [0, 0.05) is 11.2 Å². The monoisotopic (exact) mass is 265 g/mol. The molecule has 0 saturated carbocycles. The fraction of sp³-hybridized carbons (Fsp3) is 0.462. The van der Waals surface area contributed by atoms with Gasteiger partial charge in [-0.2, -0.15) is 4.98 Å². The van der Waals surface area contributed by atoms with Gasteiger partial charge in [0.25, 0.3) is 0 Å². The van der Waals surface area contributed by atoms with Crippen LogP contribution in [0.1, 0.15) is 25.7 Å². The normalized spacial score (nSPS) is 13.0. The molecule has 1 radical (unpaired) electrons. The Labute approximate surface area is 110 Å². The van der Waals surface area contributed by atoms with Crippen LogP contribution in [-0.2, 0) is 16.3 Å². The number of benzene rings is 1. The summed E-state index contributed by atoms with van der Waals surface area (Å²) in [5.74, 6) is 0.610. The van der Waals surface area contributed by atoms with Gasteiger partial charge in [-0.3, -0.25) is 4.98 Å². The molecule has 1 heterocycles. The summed E-state index contributed by atoms with van der Waals surface area (Å²) in [6.07, 6.45) is 3.50. The van der Waals surface area contributed by atoms with E-state index in [2.05, 4.69) is 9.97 Å².